The van der Waals surface area contributed by atoms with Crippen LogP contribution in [0, 0.1) is 0 Å². The molecular weight excluding hydrogens is 432 g/mol. The Labute approximate surface area is 149 Å². The minimum Gasteiger partial charge on any atom is -0.503 e. The van der Waals surface area contributed by atoms with Crippen molar-refractivity contribution in [3.8, 4) is 11.5 Å². The summed E-state index contributed by atoms with van der Waals surface area (Å²) >= 11 is 6.60. The number of hydrogen-bond donors (Lipinski definition) is 2. The van der Waals surface area contributed by atoms with E-state index in [1.165, 1.54) is 24.8 Å². The number of phenols is 1. The summed E-state index contributed by atoms with van der Waals surface area (Å²) in [4.78, 5) is 19.5. The number of nitrogens with one attached hydrogen (secondary N) is 1. The van der Waals surface area contributed by atoms with E-state index >= 15 is 0 Å². The lowest BCUT2D eigenvalue weighted by molar-refractivity contribution is 0.0949. The summed E-state index contributed by atoms with van der Waals surface area (Å²) in [6, 6.07) is 1.60. The number of ether oxygens (including phenoxy) is 1. The predicted molar refractivity (Wildman–Crippen MR) is 91.8 cm³/mol. The third-order valence-corrected chi connectivity index (χ3v) is 4.80. The van der Waals surface area contributed by atoms with E-state index in [-0.39, 0.29) is 11.4 Å². The molecule has 2 aromatic rings. The number of benzene rings is 1. The van der Waals surface area contributed by atoms with Gasteiger partial charge in [0.15, 0.2) is 11.5 Å². The van der Waals surface area contributed by atoms with Crippen LogP contribution in [-0.4, -0.2) is 33.8 Å². The van der Waals surface area contributed by atoms with E-state index in [0.29, 0.717) is 26.9 Å². The second-order valence-corrected chi connectivity index (χ2v) is 5.75. The summed E-state index contributed by atoms with van der Waals surface area (Å²) < 4.78 is 6.36. The first-order chi connectivity index (χ1) is 11.0. The number of amides is 1. The molecule has 2 N–H and O–H groups in total. The van der Waals surface area contributed by atoms with Crippen LogP contribution in [0.3, 0.4) is 0 Å². The molecule has 23 heavy (non-hydrogen) atoms. The van der Waals surface area contributed by atoms with Gasteiger partial charge in [-0.05, 0) is 44.8 Å². The molecule has 0 spiro atoms. The maximum Gasteiger partial charge on any atom is 0.291 e. The fourth-order valence-corrected chi connectivity index (χ4v) is 2.43. The minimum absolute atomic E-state index is 0.0144. The van der Waals surface area contributed by atoms with Crippen molar-refractivity contribution in [1.82, 2.24) is 15.4 Å². The molecule has 9 heteroatoms. The van der Waals surface area contributed by atoms with Crippen molar-refractivity contribution in [3.63, 3.8) is 0 Å². The first-order valence-electron chi connectivity index (χ1n) is 6.47. The number of hydrogen-bond acceptors (Lipinski definition) is 6. The fourth-order valence-electron chi connectivity index (χ4n) is 1.61. The van der Waals surface area contributed by atoms with Gasteiger partial charge in [0.1, 0.15) is 5.69 Å². The molecular formula is C14H12Br2N4O3. The quantitative estimate of drug-likeness (QED) is 0.547. The van der Waals surface area contributed by atoms with E-state index in [0.717, 1.165) is 0 Å². The van der Waals surface area contributed by atoms with E-state index in [1.807, 2.05) is 6.92 Å². The molecule has 0 saturated heterocycles. The van der Waals surface area contributed by atoms with Crippen LogP contribution >= 0.6 is 31.9 Å². The fraction of sp³-hybridized carbons (Fsp3) is 0.143. The molecule has 0 radical (unpaired) electrons. The topological polar surface area (TPSA) is 96.7 Å². The van der Waals surface area contributed by atoms with Crippen molar-refractivity contribution in [2.45, 2.75) is 6.92 Å². The summed E-state index contributed by atoms with van der Waals surface area (Å²) in [5.74, 6) is -0.183. The van der Waals surface area contributed by atoms with Crippen molar-refractivity contribution >= 4 is 44.0 Å². The molecule has 0 unspecified atom stereocenters. The smallest absolute Gasteiger partial charge is 0.291 e. The van der Waals surface area contributed by atoms with Crippen LogP contribution in [0.1, 0.15) is 23.0 Å². The van der Waals surface area contributed by atoms with Crippen molar-refractivity contribution in [2.24, 2.45) is 5.10 Å². The lowest BCUT2D eigenvalue weighted by Crippen LogP contribution is -2.19. The number of carbonyl (C=O) groups is 1. The molecule has 7 nitrogen and oxygen atoms in total. The number of aromatic hydroxyl groups is 1. The van der Waals surface area contributed by atoms with Crippen molar-refractivity contribution in [2.75, 3.05) is 6.61 Å². The zero-order valence-corrected chi connectivity index (χ0v) is 15.1. The normalized spacial score (nSPS) is 10.7. The van der Waals surface area contributed by atoms with Crippen LogP contribution < -0.4 is 10.2 Å². The van der Waals surface area contributed by atoms with E-state index in [1.54, 1.807) is 6.07 Å². The van der Waals surface area contributed by atoms with Crippen LogP contribution in [0.5, 0.6) is 11.5 Å². The molecule has 0 bridgehead atoms. The molecule has 2 rings (SSSR count). The Morgan fingerprint density at radius 1 is 1.43 bits per heavy atom. The number of phenolic OH excluding ortho intramolecular Hbond substituents is 1. The SMILES string of the molecule is CCOc1cc(C=NNC(=O)c2cnccn2)c(Br)c(Br)c1O. The Balaban J connectivity index is 2.18. The lowest BCUT2D eigenvalue weighted by atomic mass is 10.2. The summed E-state index contributed by atoms with van der Waals surface area (Å²) in [7, 11) is 0. The van der Waals surface area contributed by atoms with E-state index in [4.69, 9.17) is 4.74 Å². The Morgan fingerprint density at radius 2 is 2.22 bits per heavy atom. The van der Waals surface area contributed by atoms with E-state index in [9.17, 15) is 9.90 Å². The van der Waals surface area contributed by atoms with Crippen molar-refractivity contribution < 1.29 is 14.6 Å². The molecule has 0 saturated carbocycles. The highest BCUT2D eigenvalue weighted by molar-refractivity contribution is 9.13. The highest BCUT2D eigenvalue weighted by Crippen LogP contribution is 2.41. The van der Waals surface area contributed by atoms with Gasteiger partial charge in [-0.1, -0.05) is 0 Å². The maximum atomic E-state index is 11.8. The number of rotatable bonds is 5. The Morgan fingerprint density at radius 3 is 2.87 bits per heavy atom. The lowest BCUT2D eigenvalue weighted by Gasteiger charge is -2.10. The molecule has 1 heterocycles. The molecule has 120 valence electrons. The van der Waals surface area contributed by atoms with Gasteiger partial charge >= 0.3 is 0 Å². The first-order valence-corrected chi connectivity index (χ1v) is 8.06. The third kappa shape index (κ3) is 4.26. The second-order valence-electron chi connectivity index (χ2n) is 4.16. The molecule has 0 aliphatic heterocycles. The minimum atomic E-state index is -0.478. The van der Waals surface area contributed by atoms with Crippen LogP contribution in [0.2, 0.25) is 0 Å². The largest absolute Gasteiger partial charge is 0.503 e. The van der Waals surface area contributed by atoms with E-state index in [2.05, 4.69) is 52.4 Å². The maximum absolute atomic E-state index is 11.8. The van der Waals surface area contributed by atoms with E-state index < -0.39 is 5.91 Å². The highest BCUT2D eigenvalue weighted by atomic mass is 79.9. The zero-order valence-electron chi connectivity index (χ0n) is 12.0. The number of nitrogens with zero attached hydrogens (tertiary/aromatic N) is 3. The molecule has 1 aromatic carbocycles. The van der Waals surface area contributed by atoms with Gasteiger partial charge in [-0.15, -0.1) is 0 Å². The van der Waals surface area contributed by atoms with Gasteiger partial charge < -0.3 is 9.84 Å². The van der Waals surface area contributed by atoms with Crippen molar-refractivity contribution in [1.29, 1.82) is 0 Å². The van der Waals surface area contributed by atoms with Gasteiger partial charge in [-0.2, -0.15) is 5.10 Å². The van der Waals surface area contributed by atoms with Gasteiger partial charge in [0.2, 0.25) is 0 Å². The van der Waals surface area contributed by atoms with Gasteiger partial charge in [-0.25, -0.2) is 10.4 Å². The summed E-state index contributed by atoms with van der Waals surface area (Å²) in [5, 5.41) is 13.8. The van der Waals surface area contributed by atoms with Crippen LogP contribution in [0.15, 0.2) is 38.7 Å². The summed E-state index contributed by atoms with van der Waals surface area (Å²) in [6.45, 7) is 2.21. The standard InChI is InChI=1S/C14H12Br2N4O3/c1-2-23-10-5-8(11(15)12(16)13(10)21)6-19-20-14(22)9-7-17-3-4-18-9/h3-7,21H,2H2,1H3,(H,20,22). The van der Waals surface area contributed by atoms with Gasteiger partial charge in [0.05, 0.1) is 23.5 Å². The van der Waals surface area contributed by atoms with Crippen LogP contribution in [-0.2, 0) is 0 Å². The molecule has 0 atom stereocenters. The predicted octanol–water partition coefficient (Wildman–Crippen LogP) is 2.87. The second kappa shape index (κ2) is 8.02. The average Bonchev–Trinajstić information content (AvgIpc) is 2.57. The summed E-state index contributed by atoms with van der Waals surface area (Å²) in [5.41, 5.74) is 3.12. The van der Waals surface area contributed by atoms with Crippen LogP contribution in [0.25, 0.3) is 0 Å². The molecule has 0 fully saturated rings. The van der Waals surface area contributed by atoms with Gasteiger partial charge in [0, 0.05) is 22.4 Å². The third-order valence-electron chi connectivity index (χ3n) is 2.64. The Kier molecular flexibility index (Phi) is 6.05. The molecule has 0 aliphatic rings. The molecule has 0 aliphatic carbocycles. The van der Waals surface area contributed by atoms with Crippen molar-refractivity contribution in [3.05, 3.63) is 44.9 Å². The zero-order chi connectivity index (χ0) is 16.8. The Hall–Kier alpha value is -2.00. The van der Waals surface area contributed by atoms with Gasteiger partial charge in [-0.3, -0.25) is 9.78 Å². The molecule has 1 amide bonds. The average molecular weight is 444 g/mol. The number of hydrazone groups is 1. The Bertz CT molecular complexity index is 739. The first kappa shape index (κ1) is 17.4. The van der Waals surface area contributed by atoms with Crippen LogP contribution in [0.4, 0.5) is 0 Å². The highest BCUT2D eigenvalue weighted by Gasteiger charge is 2.14. The number of carbonyl (C=O) groups excluding carboxylic acids is 1. The summed E-state index contributed by atoms with van der Waals surface area (Å²) in [6.07, 6.45) is 5.65. The molecule has 1 aromatic heterocycles. The van der Waals surface area contributed by atoms with Gasteiger partial charge in [0.25, 0.3) is 5.91 Å². The monoisotopic (exact) mass is 442 g/mol. The number of aromatic nitrogens is 2. The number of halogens is 2.